The van der Waals surface area contributed by atoms with Gasteiger partial charge in [0.15, 0.2) is 0 Å². The second-order valence-electron chi connectivity index (χ2n) is 8.11. The number of amides is 4. The monoisotopic (exact) mass is 463 g/mol. The molecule has 182 valence electrons. The van der Waals surface area contributed by atoms with Crippen LogP contribution in [0, 0.1) is 5.92 Å². The molecular formula is C22H33N5O6. The molecule has 0 radical (unpaired) electrons. The van der Waals surface area contributed by atoms with Gasteiger partial charge in [0.25, 0.3) is 0 Å². The highest BCUT2D eigenvalue weighted by Crippen LogP contribution is 2.09. The SMILES string of the molecule is CC(C)CC(NC(=O)CN)C(=O)NC(Cc1ccccc1)C(=O)NC(CCC(N)=O)C(=O)O. The van der Waals surface area contributed by atoms with Gasteiger partial charge in [-0.25, -0.2) is 4.79 Å². The van der Waals surface area contributed by atoms with E-state index in [2.05, 4.69) is 16.0 Å². The van der Waals surface area contributed by atoms with E-state index in [1.165, 1.54) is 0 Å². The molecule has 4 amide bonds. The van der Waals surface area contributed by atoms with E-state index >= 15 is 0 Å². The Balaban J connectivity index is 3.07. The van der Waals surface area contributed by atoms with E-state index in [-0.39, 0.29) is 31.7 Å². The van der Waals surface area contributed by atoms with Gasteiger partial charge in [-0.05, 0) is 24.3 Å². The number of benzene rings is 1. The van der Waals surface area contributed by atoms with Crippen molar-refractivity contribution in [3.05, 3.63) is 35.9 Å². The van der Waals surface area contributed by atoms with Gasteiger partial charge < -0.3 is 32.5 Å². The molecule has 0 aliphatic rings. The first-order valence-corrected chi connectivity index (χ1v) is 10.7. The van der Waals surface area contributed by atoms with Gasteiger partial charge in [0, 0.05) is 12.8 Å². The number of aliphatic carboxylic acids is 1. The number of carbonyl (C=O) groups is 5. The molecule has 0 heterocycles. The quantitative estimate of drug-likeness (QED) is 0.204. The number of carboxylic acid groups (broad SMARTS) is 1. The molecule has 11 nitrogen and oxygen atoms in total. The Morgan fingerprint density at radius 2 is 1.48 bits per heavy atom. The number of hydrogen-bond donors (Lipinski definition) is 6. The summed E-state index contributed by atoms with van der Waals surface area (Å²) in [4.78, 5) is 60.2. The van der Waals surface area contributed by atoms with E-state index in [1.54, 1.807) is 30.3 Å². The van der Waals surface area contributed by atoms with Crippen molar-refractivity contribution in [3.8, 4) is 0 Å². The van der Waals surface area contributed by atoms with Gasteiger partial charge in [-0.3, -0.25) is 19.2 Å². The Morgan fingerprint density at radius 3 is 2.00 bits per heavy atom. The van der Waals surface area contributed by atoms with Gasteiger partial charge in [0.2, 0.25) is 23.6 Å². The van der Waals surface area contributed by atoms with Gasteiger partial charge in [-0.1, -0.05) is 44.2 Å². The first-order valence-electron chi connectivity index (χ1n) is 10.7. The molecule has 1 aromatic rings. The van der Waals surface area contributed by atoms with Crippen LogP contribution in [0.3, 0.4) is 0 Å². The summed E-state index contributed by atoms with van der Waals surface area (Å²) in [6.45, 7) is 3.45. The van der Waals surface area contributed by atoms with E-state index in [0.717, 1.165) is 5.56 Å². The lowest BCUT2D eigenvalue weighted by molar-refractivity contribution is -0.142. The highest BCUT2D eigenvalue weighted by atomic mass is 16.4. The zero-order valence-corrected chi connectivity index (χ0v) is 18.9. The second kappa shape index (κ2) is 13.8. The topological polar surface area (TPSA) is 194 Å². The minimum atomic E-state index is -1.36. The van der Waals surface area contributed by atoms with Crippen molar-refractivity contribution in [3.63, 3.8) is 0 Å². The van der Waals surface area contributed by atoms with Crippen LogP contribution in [0.25, 0.3) is 0 Å². The zero-order chi connectivity index (χ0) is 25.0. The lowest BCUT2D eigenvalue weighted by atomic mass is 10.0. The van der Waals surface area contributed by atoms with Crippen LogP contribution in [0.2, 0.25) is 0 Å². The van der Waals surface area contributed by atoms with Crippen LogP contribution in [-0.4, -0.2) is 59.4 Å². The predicted molar refractivity (Wildman–Crippen MR) is 121 cm³/mol. The molecule has 11 heteroatoms. The highest BCUT2D eigenvalue weighted by Gasteiger charge is 2.30. The fourth-order valence-electron chi connectivity index (χ4n) is 3.10. The maximum atomic E-state index is 13.0. The molecule has 0 saturated carbocycles. The fraction of sp³-hybridized carbons (Fsp3) is 0.500. The number of rotatable bonds is 14. The Bertz CT molecular complexity index is 830. The molecule has 1 aromatic carbocycles. The standard InChI is InChI=1S/C22H33N5O6/c1-13(2)10-16(25-19(29)12-23)20(30)27-17(11-14-6-4-3-5-7-14)21(31)26-15(22(32)33)8-9-18(24)28/h3-7,13,15-17H,8-12,23H2,1-2H3,(H2,24,28)(H,25,29)(H,26,31)(H,27,30)(H,32,33). The molecule has 0 aliphatic carbocycles. The number of primary amides is 1. The van der Waals surface area contributed by atoms with E-state index in [0.29, 0.717) is 6.42 Å². The summed E-state index contributed by atoms with van der Waals surface area (Å²) < 4.78 is 0. The van der Waals surface area contributed by atoms with Gasteiger partial charge in [-0.15, -0.1) is 0 Å². The van der Waals surface area contributed by atoms with Crippen LogP contribution >= 0.6 is 0 Å². The van der Waals surface area contributed by atoms with Crippen molar-refractivity contribution in [1.82, 2.24) is 16.0 Å². The smallest absolute Gasteiger partial charge is 0.326 e. The van der Waals surface area contributed by atoms with Gasteiger partial charge in [0.05, 0.1) is 6.54 Å². The maximum Gasteiger partial charge on any atom is 0.326 e. The van der Waals surface area contributed by atoms with Crippen molar-refractivity contribution in [2.24, 2.45) is 17.4 Å². The number of carboxylic acids is 1. The maximum absolute atomic E-state index is 13.0. The van der Waals surface area contributed by atoms with Crippen molar-refractivity contribution in [1.29, 1.82) is 0 Å². The molecule has 8 N–H and O–H groups in total. The summed E-state index contributed by atoms with van der Waals surface area (Å²) in [5.74, 6) is -3.81. The number of nitrogens with two attached hydrogens (primary N) is 2. The molecule has 3 unspecified atom stereocenters. The Labute approximate surface area is 192 Å². The highest BCUT2D eigenvalue weighted by molar-refractivity contribution is 5.93. The molecular weight excluding hydrogens is 430 g/mol. The third kappa shape index (κ3) is 10.6. The summed E-state index contributed by atoms with van der Waals surface area (Å²) in [6, 6.07) is 5.44. The molecule has 1 rings (SSSR count). The lowest BCUT2D eigenvalue weighted by Gasteiger charge is -2.25. The average Bonchev–Trinajstić information content (AvgIpc) is 2.75. The Morgan fingerprint density at radius 1 is 0.909 bits per heavy atom. The largest absolute Gasteiger partial charge is 0.480 e. The van der Waals surface area contributed by atoms with Gasteiger partial charge >= 0.3 is 5.97 Å². The fourth-order valence-corrected chi connectivity index (χ4v) is 3.10. The molecule has 0 fully saturated rings. The van der Waals surface area contributed by atoms with E-state index in [4.69, 9.17) is 11.5 Å². The number of carbonyl (C=O) groups excluding carboxylic acids is 4. The average molecular weight is 464 g/mol. The van der Waals surface area contributed by atoms with Crippen molar-refractivity contribution >= 4 is 29.6 Å². The molecule has 0 aliphatic heterocycles. The summed E-state index contributed by atoms with van der Waals surface area (Å²) >= 11 is 0. The predicted octanol–water partition coefficient (Wildman–Crippen LogP) is -0.962. The first kappa shape index (κ1) is 27.6. The summed E-state index contributed by atoms with van der Waals surface area (Å²) in [5.41, 5.74) is 11.1. The molecule has 3 atom stereocenters. The molecule has 0 saturated heterocycles. The lowest BCUT2D eigenvalue weighted by Crippen LogP contribution is -2.57. The second-order valence-corrected chi connectivity index (χ2v) is 8.11. The Kier molecular flexibility index (Phi) is 11.6. The van der Waals surface area contributed by atoms with E-state index in [1.807, 2.05) is 13.8 Å². The van der Waals surface area contributed by atoms with Crippen molar-refractivity contribution in [2.45, 2.75) is 57.7 Å². The van der Waals surface area contributed by atoms with Crippen LogP contribution < -0.4 is 27.4 Å². The van der Waals surface area contributed by atoms with Gasteiger partial charge in [0.1, 0.15) is 18.1 Å². The normalized spacial score (nSPS) is 13.5. The molecule has 33 heavy (non-hydrogen) atoms. The van der Waals surface area contributed by atoms with Crippen molar-refractivity contribution < 1.29 is 29.1 Å². The number of hydrogen-bond acceptors (Lipinski definition) is 6. The third-order valence-electron chi connectivity index (χ3n) is 4.75. The van der Waals surface area contributed by atoms with Crippen LogP contribution in [0.15, 0.2) is 30.3 Å². The Hall–Kier alpha value is -3.47. The van der Waals surface area contributed by atoms with Crippen molar-refractivity contribution in [2.75, 3.05) is 6.54 Å². The molecule has 0 aromatic heterocycles. The third-order valence-corrected chi connectivity index (χ3v) is 4.75. The van der Waals surface area contributed by atoms with Crippen LogP contribution in [-0.2, 0) is 30.4 Å². The first-order chi connectivity index (χ1) is 15.5. The minimum absolute atomic E-state index is 0.0606. The summed E-state index contributed by atoms with van der Waals surface area (Å²) in [6.07, 6.45) is -0.0209. The molecule has 0 bridgehead atoms. The zero-order valence-electron chi connectivity index (χ0n) is 18.9. The summed E-state index contributed by atoms with van der Waals surface area (Å²) in [5, 5.41) is 16.9. The van der Waals surface area contributed by atoms with Gasteiger partial charge in [-0.2, -0.15) is 0 Å². The minimum Gasteiger partial charge on any atom is -0.480 e. The van der Waals surface area contributed by atoms with E-state index in [9.17, 15) is 29.1 Å². The summed E-state index contributed by atoms with van der Waals surface area (Å²) in [7, 11) is 0. The van der Waals surface area contributed by atoms with Crippen LogP contribution in [0.5, 0.6) is 0 Å². The van der Waals surface area contributed by atoms with Crippen LogP contribution in [0.1, 0.15) is 38.7 Å². The number of nitrogens with one attached hydrogen (secondary N) is 3. The molecule has 0 spiro atoms. The van der Waals surface area contributed by atoms with E-state index < -0.39 is 47.7 Å². The van der Waals surface area contributed by atoms with Crippen LogP contribution in [0.4, 0.5) is 0 Å².